The molecule has 0 aliphatic carbocycles. The number of anilines is 2. The molecular formula is C9H8N2Na2S4. The van der Waals surface area contributed by atoms with Gasteiger partial charge in [0.05, 0.1) is 0 Å². The predicted octanol–water partition coefficient (Wildman–Crippen LogP) is -3.51. The summed E-state index contributed by atoms with van der Waals surface area (Å²) in [6.45, 7) is 1.94. The molecule has 8 heteroatoms. The van der Waals surface area contributed by atoms with Crippen LogP contribution in [0, 0.1) is 6.92 Å². The van der Waals surface area contributed by atoms with Crippen molar-refractivity contribution >= 4 is 69.7 Å². The largest absolute Gasteiger partial charge is 1.00 e. The molecule has 17 heavy (non-hydrogen) atoms. The minimum absolute atomic E-state index is 0. The molecule has 2 N–H and O–H groups in total. The molecule has 0 fully saturated rings. The second-order valence-corrected chi connectivity index (χ2v) is 4.95. The first-order valence-electron chi connectivity index (χ1n) is 4.06. The molecule has 2 nitrogen and oxygen atoms in total. The molecule has 80 valence electrons. The second-order valence-electron chi connectivity index (χ2n) is 2.80. The number of hydrogen-bond donors (Lipinski definition) is 2. The van der Waals surface area contributed by atoms with Crippen LogP contribution in [-0.2, 0) is 25.3 Å². The Morgan fingerprint density at radius 1 is 1.00 bits per heavy atom. The van der Waals surface area contributed by atoms with Crippen LogP contribution in [0.4, 0.5) is 11.4 Å². The van der Waals surface area contributed by atoms with Crippen LogP contribution in [0.1, 0.15) is 5.56 Å². The van der Waals surface area contributed by atoms with E-state index in [4.69, 9.17) is 49.7 Å². The third kappa shape index (κ3) is 7.57. The molecule has 0 heterocycles. The van der Waals surface area contributed by atoms with E-state index in [1.165, 1.54) is 0 Å². The van der Waals surface area contributed by atoms with Crippen molar-refractivity contribution in [2.24, 2.45) is 0 Å². The van der Waals surface area contributed by atoms with Crippen molar-refractivity contribution in [3.05, 3.63) is 23.8 Å². The Bertz CT molecular complexity index is 378. The first kappa shape index (κ1) is 20.8. The third-order valence-corrected chi connectivity index (χ3v) is 2.22. The molecule has 0 aliphatic heterocycles. The Balaban J connectivity index is 0. The van der Waals surface area contributed by atoms with E-state index >= 15 is 0 Å². The van der Waals surface area contributed by atoms with Gasteiger partial charge in [-0.3, -0.25) is 0 Å². The standard InChI is InChI=1S/C9H10N2S4.2Na/c1-5-6(10-8(12)13)3-2-4-7(5)11-9(14)15;;/h2-4H,1H3,(H2,10,12,13)(H2,11,14,15);;/q;2*+1/p-2. The van der Waals surface area contributed by atoms with Crippen molar-refractivity contribution in [1.29, 1.82) is 0 Å². The van der Waals surface area contributed by atoms with Crippen LogP contribution in [0.15, 0.2) is 18.2 Å². The molecule has 1 aromatic rings. The quantitative estimate of drug-likeness (QED) is 0.333. The van der Waals surface area contributed by atoms with E-state index in [0.29, 0.717) is 8.64 Å². The average molecular weight is 318 g/mol. The number of benzene rings is 1. The van der Waals surface area contributed by atoms with Crippen molar-refractivity contribution in [2.75, 3.05) is 10.6 Å². The van der Waals surface area contributed by atoms with Gasteiger partial charge < -0.3 is 60.3 Å². The molecule has 1 aromatic carbocycles. The smallest absolute Gasteiger partial charge is 0.411 e. The molecule has 0 unspecified atom stereocenters. The Labute approximate surface area is 167 Å². The van der Waals surface area contributed by atoms with E-state index in [1.54, 1.807) is 0 Å². The first-order valence-corrected chi connectivity index (χ1v) is 5.69. The maximum atomic E-state index is 4.81. The first-order chi connectivity index (χ1) is 7.00. The van der Waals surface area contributed by atoms with Crippen molar-refractivity contribution in [2.45, 2.75) is 6.92 Å². The molecule has 0 aliphatic rings. The minimum atomic E-state index is 0. The Morgan fingerprint density at radius 3 is 1.65 bits per heavy atom. The summed E-state index contributed by atoms with van der Waals surface area (Å²) >= 11 is 19.2. The maximum absolute atomic E-state index is 4.81. The van der Waals surface area contributed by atoms with Gasteiger partial charge in [-0.25, -0.2) is 0 Å². The monoisotopic (exact) mass is 318 g/mol. The topological polar surface area (TPSA) is 24.1 Å². The summed E-state index contributed by atoms with van der Waals surface area (Å²) in [5.41, 5.74) is 2.72. The molecule has 0 atom stereocenters. The van der Waals surface area contributed by atoms with Gasteiger partial charge in [-0.05, 0) is 24.6 Å². The summed E-state index contributed by atoms with van der Waals surface area (Å²) in [5, 5.41) is 5.83. The van der Waals surface area contributed by atoms with Crippen LogP contribution < -0.4 is 69.7 Å². The van der Waals surface area contributed by atoms with Crippen LogP contribution in [0.5, 0.6) is 0 Å². The van der Waals surface area contributed by atoms with Gasteiger partial charge in [-0.2, -0.15) is 0 Å². The average Bonchev–Trinajstić information content (AvgIpc) is 2.10. The van der Waals surface area contributed by atoms with Gasteiger partial charge in [0.1, 0.15) is 0 Å². The fraction of sp³-hybridized carbons (Fsp3) is 0.111. The molecule has 0 spiro atoms. The SMILES string of the molecule is Cc1c(NC(=S)[S-])cccc1NC(=S)[S-].[Na+].[Na+]. The van der Waals surface area contributed by atoms with Crippen LogP contribution in [0.3, 0.4) is 0 Å². The molecule has 0 saturated heterocycles. The minimum Gasteiger partial charge on any atom is -0.411 e. The van der Waals surface area contributed by atoms with Crippen molar-refractivity contribution in [3.63, 3.8) is 0 Å². The summed E-state index contributed by atoms with van der Waals surface area (Å²) in [4.78, 5) is 0. The van der Waals surface area contributed by atoms with Crippen molar-refractivity contribution < 1.29 is 59.1 Å². The molecule has 0 radical (unpaired) electrons. The molecule has 0 amide bonds. The van der Waals surface area contributed by atoms with Gasteiger partial charge in [-0.1, -0.05) is 14.7 Å². The Hall–Kier alpha value is 1.44. The zero-order valence-corrected chi connectivity index (χ0v) is 17.1. The van der Waals surface area contributed by atoms with Gasteiger partial charge in [0.2, 0.25) is 0 Å². The van der Waals surface area contributed by atoms with Crippen LogP contribution in [0.25, 0.3) is 0 Å². The molecular weight excluding hydrogens is 310 g/mol. The molecule has 0 bridgehead atoms. The molecule has 1 rings (SSSR count). The van der Waals surface area contributed by atoms with E-state index in [2.05, 4.69) is 10.6 Å². The van der Waals surface area contributed by atoms with E-state index in [0.717, 1.165) is 16.9 Å². The van der Waals surface area contributed by atoms with E-state index in [9.17, 15) is 0 Å². The molecule has 0 saturated carbocycles. The van der Waals surface area contributed by atoms with Crippen molar-refractivity contribution in [3.8, 4) is 0 Å². The summed E-state index contributed by atoms with van der Waals surface area (Å²) in [5.74, 6) is 0. The number of hydrogen-bond acceptors (Lipinski definition) is 4. The number of nitrogens with one attached hydrogen (secondary N) is 2. The van der Waals surface area contributed by atoms with Crippen LogP contribution >= 0.6 is 24.4 Å². The fourth-order valence-electron chi connectivity index (χ4n) is 1.13. The van der Waals surface area contributed by atoms with Gasteiger partial charge in [-0.15, -0.1) is 0 Å². The second kappa shape index (κ2) is 10.3. The summed E-state index contributed by atoms with van der Waals surface area (Å²) in [7, 11) is 0. The van der Waals surface area contributed by atoms with Crippen LogP contribution in [0.2, 0.25) is 0 Å². The summed E-state index contributed by atoms with van der Waals surface area (Å²) in [6, 6.07) is 5.66. The maximum Gasteiger partial charge on any atom is 1.00 e. The number of rotatable bonds is 2. The van der Waals surface area contributed by atoms with Crippen LogP contribution in [-0.4, -0.2) is 8.64 Å². The van der Waals surface area contributed by atoms with Gasteiger partial charge >= 0.3 is 59.1 Å². The van der Waals surface area contributed by atoms with Gasteiger partial charge in [0.25, 0.3) is 0 Å². The Kier molecular flexibility index (Phi) is 12.5. The fourth-order valence-corrected chi connectivity index (χ4v) is 1.57. The predicted molar refractivity (Wildman–Crippen MR) is 78.4 cm³/mol. The van der Waals surface area contributed by atoms with E-state index in [-0.39, 0.29) is 59.1 Å². The van der Waals surface area contributed by atoms with Crippen molar-refractivity contribution in [1.82, 2.24) is 0 Å². The van der Waals surface area contributed by atoms with E-state index in [1.807, 2.05) is 25.1 Å². The Morgan fingerprint density at radius 2 is 1.35 bits per heavy atom. The summed E-state index contributed by atoms with van der Waals surface area (Å²) in [6.07, 6.45) is 0. The van der Waals surface area contributed by atoms with Gasteiger partial charge in [0, 0.05) is 11.4 Å². The zero-order valence-electron chi connectivity index (χ0n) is 9.87. The zero-order chi connectivity index (χ0) is 11.4. The molecule has 0 aromatic heterocycles. The normalized spacial score (nSPS) is 8.29. The third-order valence-electron chi connectivity index (χ3n) is 1.81. The van der Waals surface area contributed by atoms with E-state index < -0.39 is 0 Å². The summed E-state index contributed by atoms with van der Waals surface area (Å²) < 4.78 is 0.632. The van der Waals surface area contributed by atoms with Gasteiger partial charge in [0.15, 0.2) is 0 Å². The number of thiocarbonyl (C=S) groups is 2.